The van der Waals surface area contributed by atoms with Gasteiger partial charge in [-0.1, -0.05) is 0 Å². The van der Waals surface area contributed by atoms with Crippen molar-refractivity contribution in [1.82, 2.24) is 0 Å². The number of nitrogens with zero attached hydrogens (tertiary/aromatic N) is 2. The van der Waals surface area contributed by atoms with Crippen molar-refractivity contribution in [2.45, 2.75) is 42.7 Å². The normalized spacial score (nSPS) is 16.4. The molecule has 38 heavy (non-hydrogen) atoms. The maximum atomic E-state index is 13.8. The first kappa shape index (κ1) is 28.8. The highest BCUT2D eigenvalue weighted by molar-refractivity contribution is 7.92. The van der Waals surface area contributed by atoms with Crippen LogP contribution in [0.25, 0.3) is 0 Å². The summed E-state index contributed by atoms with van der Waals surface area (Å²) in [7, 11) is -5.08. The molecule has 9 nitrogen and oxygen atoms in total. The molecule has 2 aromatic rings. The number of carbonyl (C=O) groups excluding carboxylic acids is 1. The number of nitrogens with two attached hydrogens (primary N) is 1. The molecular weight excluding hydrogens is 555 g/mol. The molecular formula is C21H18F7N3O6S. The number of rotatable bonds is 5. The van der Waals surface area contributed by atoms with E-state index in [1.54, 1.807) is 0 Å². The quantitative estimate of drug-likeness (QED) is 0.518. The number of sulfonamides is 1. The Kier molecular flexibility index (Phi) is 6.98. The van der Waals surface area contributed by atoms with Crippen molar-refractivity contribution in [1.29, 1.82) is 0 Å². The van der Waals surface area contributed by atoms with Crippen LogP contribution in [-0.2, 0) is 21.0 Å². The summed E-state index contributed by atoms with van der Waals surface area (Å²) in [6.07, 6.45) is -14.1. The summed E-state index contributed by atoms with van der Waals surface area (Å²) in [6.45, 7) is 0.153. The molecule has 3 rings (SSSR count). The lowest BCUT2D eigenvalue weighted by atomic mass is 10.0. The van der Waals surface area contributed by atoms with Crippen LogP contribution < -0.4 is 19.7 Å². The summed E-state index contributed by atoms with van der Waals surface area (Å²) in [5.74, 6) is -3.43. The zero-order chi connectivity index (χ0) is 29.0. The Labute approximate surface area is 210 Å². The van der Waals surface area contributed by atoms with Gasteiger partial charge in [0.15, 0.2) is 6.10 Å². The van der Waals surface area contributed by atoms with Gasteiger partial charge >= 0.3 is 18.4 Å². The molecule has 3 N–H and O–H groups in total. The average Bonchev–Trinajstić information content (AvgIpc) is 2.76. The number of carboxylic acid groups (broad SMARTS) is 1. The van der Waals surface area contributed by atoms with Gasteiger partial charge in [0, 0.05) is 0 Å². The predicted octanol–water partition coefficient (Wildman–Crippen LogP) is 4.11. The van der Waals surface area contributed by atoms with E-state index < -0.39 is 86.0 Å². The van der Waals surface area contributed by atoms with Crippen LogP contribution in [-0.4, -0.2) is 49.9 Å². The van der Waals surface area contributed by atoms with E-state index in [4.69, 9.17) is 10.5 Å². The van der Waals surface area contributed by atoms with Gasteiger partial charge in [-0.15, -0.1) is 0 Å². The van der Waals surface area contributed by atoms with Crippen LogP contribution in [0.15, 0.2) is 41.3 Å². The highest BCUT2D eigenvalue weighted by Crippen LogP contribution is 2.44. The first-order chi connectivity index (χ1) is 17.2. The SMILES string of the molecule is CC(C)(N(C(=O)O)c1ccc2c(c1)N(S(=O)(=O)c1ccc(F)c(C(F)(F)F)c1)C[C@H](C(N)=O)O2)C(F)(F)F. The topological polar surface area (TPSA) is 130 Å². The molecule has 0 unspecified atom stereocenters. The molecule has 0 saturated carbocycles. The fourth-order valence-electron chi connectivity index (χ4n) is 3.56. The third-order valence-electron chi connectivity index (χ3n) is 5.66. The Morgan fingerprint density at radius 2 is 1.68 bits per heavy atom. The fraction of sp³-hybridized carbons (Fsp3) is 0.333. The van der Waals surface area contributed by atoms with Gasteiger partial charge in [0.25, 0.3) is 15.9 Å². The van der Waals surface area contributed by atoms with E-state index in [1.807, 2.05) is 0 Å². The molecule has 0 fully saturated rings. The number of carbonyl (C=O) groups is 2. The lowest BCUT2D eigenvalue weighted by molar-refractivity contribution is -0.175. The number of hydrogen-bond acceptors (Lipinski definition) is 5. The molecule has 2 aromatic carbocycles. The second-order valence-corrected chi connectivity index (χ2v) is 10.4. The van der Waals surface area contributed by atoms with Gasteiger partial charge in [-0.3, -0.25) is 14.0 Å². The summed E-state index contributed by atoms with van der Waals surface area (Å²) in [5, 5.41) is 9.54. The third kappa shape index (κ3) is 5.01. The second-order valence-electron chi connectivity index (χ2n) is 8.51. The molecule has 17 heteroatoms. The van der Waals surface area contributed by atoms with Gasteiger partial charge in [0.05, 0.1) is 28.4 Å². The summed E-state index contributed by atoms with van der Waals surface area (Å²) in [5.41, 5.74) is -1.04. The Bertz CT molecular complexity index is 1390. The van der Waals surface area contributed by atoms with Crippen LogP contribution in [0.1, 0.15) is 19.4 Å². The first-order valence-corrected chi connectivity index (χ1v) is 11.7. The molecule has 1 atom stereocenters. The molecule has 0 radical (unpaired) electrons. The zero-order valence-electron chi connectivity index (χ0n) is 19.3. The monoisotopic (exact) mass is 573 g/mol. The largest absolute Gasteiger partial charge is 0.476 e. The van der Waals surface area contributed by atoms with Crippen LogP contribution in [0.5, 0.6) is 5.75 Å². The van der Waals surface area contributed by atoms with Crippen LogP contribution in [0.2, 0.25) is 0 Å². The van der Waals surface area contributed by atoms with Gasteiger partial charge in [-0.2, -0.15) is 26.3 Å². The van der Waals surface area contributed by atoms with Crippen molar-refractivity contribution in [3.05, 3.63) is 47.8 Å². The number of amides is 2. The molecule has 1 aliphatic heterocycles. The van der Waals surface area contributed by atoms with E-state index >= 15 is 0 Å². The van der Waals surface area contributed by atoms with Gasteiger partial charge < -0.3 is 15.6 Å². The van der Waals surface area contributed by atoms with E-state index in [2.05, 4.69) is 0 Å². The summed E-state index contributed by atoms with van der Waals surface area (Å²) in [4.78, 5) is 22.4. The molecule has 1 aliphatic rings. The first-order valence-electron chi connectivity index (χ1n) is 10.3. The minimum Gasteiger partial charge on any atom is -0.476 e. The van der Waals surface area contributed by atoms with Crippen LogP contribution in [0.3, 0.4) is 0 Å². The van der Waals surface area contributed by atoms with Crippen molar-refractivity contribution in [3.63, 3.8) is 0 Å². The van der Waals surface area contributed by atoms with Crippen LogP contribution in [0, 0.1) is 5.82 Å². The number of alkyl halides is 6. The fourth-order valence-corrected chi connectivity index (χ4v) is 5.06. The maximum absolute atomic E-state index is 13.8. The van der Waals surface area contributed by atoms with Crippen LogP contribution >= 0.6 is 0 Å². The standard InChI is InChI=1S/C21H18F7N3O6S/c1-19(2,21(26,27)28)31(18(33)34)10-3-6-15-14(7-10)30(9-16(37-15)17(29)32)38(35,36)11-4-5-13(22)12(8-11)20(23,24)25/h3-8,16H,9H2,1-2H3,(H2,29,32)(H,33,34)/t16-/m1/s1. The van der Waals surface area contributed by atoms with Crippen molar-refractivity contribution < 1.29 is 58.6 Å². The van der Waals surface area contributed by atoms with Crippen molar-refractivity contribution >= 4 is 33.4 Å². The minimum atomic E-state index is -5.29. The van der Waals surface area contributed by atoms with Gasteiger partial charge in [0.2, 0.25) is 0 Å². The highest BCUT2D eigenvalue weighted by Gasteiger charge is 2.54. The molecule has 0 bridgehead atoms. The molecule has 0 aromatic heterocycles. The van der Waals surface area contributed by atoms with E-state index in [1.165, 1.54) is 0 Å². The number of ether oxygens (including phenoxy) is 1. The predicted molar refractivity (Wildman–Crippen MR) is 117 cm³/mol. The molecule has 1 heterocycles. The summed E-state index contributed by atoms with van der Waals surface area (Å²) < 4.78 is 127. The Morgan fingerprint density at radius 1 is 1.08 bits per heavy atom. The highest BCUT2D eigenvalue weighted by atomic mass is 32.2. The maximum Gasteiger partial charge on any atom is 0.419 e. The van der Waals surface area contributed by atoms with Gasteiger partial charge in [-0.25, -0.2) is 17.6 Å². The third-order valence-corrected chi connectivity index (χ3v) is 7.44. The Hall–Kier alpha value is -3.76. The van der Waals surface area contributed by atoms with E-state index in [9.17, 15) is 53.8 Å². The van der Waals surface area contributed by atoms with E-state index in [-0.39, 0.29) is 17.0 Å². The van der Waals surface area contributed by atoms with Gasteiger partial charge in [0.1, 0.15) is 17.1 Å². The summed E-state index contributed by atoms with van der Waals surface area (Å²) in [6, 6.07) is 3.15. The minimum absolute atomic E-state index is 0.000749. The lowest BCUT2D eigenvalue weighted by Gasteiger charge is -2.39. The number of benzene rings is 2. The van der Waals surface area contributed by atoms with Crippen molar-refractivity contribution in [2.75, 3.05) is 15.7 Å². The van der Waals surface area contributed by atoms with Crippen LogP contribution in [0.4, 0.5) is 46.9 Å². The molecule has 208 valence electrons. The Balaban J connectivity index is 2.25. The van der Waals surface area contributed by atoms with E-state index in [0.29, 0.717) is 30.3 Å². The molecule has 2 amide bonds. The second kappa shape index (κ2) is 9.21. The lowest BCUT2D eigenvalue weighted by Crippen LogP contribution is -2.57. The summed E-state index contributed by atoms with van der Waals surface area (Å²) >= 11 is 0. The van der Waals surface area contributed by atoms with Gasteiger partial charge in [-0.05, 0) is 50.2 Å². The number of hydrogen-bond donors (Lipinski definition) is 2. The zero-order valence-corrected chi connectivity index (χ0v) is 20.1. The number of halogens is 7. The van der Waals surface area contributed by atoms with Crippen molar-refractivity contribution in [3.8, 4) is 5.75 Å². The number of anilines is 2. The number of primary amides is 1. The van der Waals surface area contributed by atoms with Crippen molar-refractivity contribution in [2.24, 2.45) is 5.73 Å². The smallest absolute Gasteiger partial charge is 0.419 e. The Morgan fingerprint density at radius 3 is 2.18 bits per heavy atom. The number of fused-ring (bicyclic) bond motifs is 1. The van der Waals surface area contributed by atoms with E-state index in [0.717, 1.165) is 12.1 Å². The molecule has 0 saturated heterocycles. The molecule has 0 aliphatic carbocycles. The molecule has 0 spiro atoms. The average molecular weight is 573 g/mol.